The lowest BCUT2D eigenvalue weighted by Crippen LogP contribution is -2.29. The molecule has 1 aromatic carbocycles. The smallest absolute Gasteiger partial charge is 0.344 e. The minimum Gasteiger partial charge on any atom is -0.479 e. The van der Waals surface area contributed by atoms with Gasteiger partial charge in [0.1, 0.15) is 10.1 Å². The summed E-state index contributed by atoms with van der Waals surface area (Å²) in [6.45, 7) is 2.15. The minimum absolute atomic E-state index is 0.00661. The van der Waals surface area contributed by atoms with Crippen molar-refractivity contribution in [3.05, 3.63) is 34.7 Å². The van der Waals surface area contributed by atoms with Crippen molar-refractivity contribution in [1.82, 2.24) is 4.90 Å². The van der Waals surface area contributed by atoms with Gasteiger partial charge in [-0.25, -0.2) is 4.79 Å². The largest absolute Gasteiger partial charge is 0.479 e. The number of amides is 1. The van der Waals surface area contributed by atoms with Crippen LogP contribution in [0.4, 0.5) is 0 Å². The van der Waals surface area contributed by atoms with Gasteiger partial charge in [0.25, 0.3) is 5.91 Å². The molecule has 1 saturated heterocycles. The molecule has 0 aromatic heterocycles. The second-order valence-electron chi connectivity index (χ2n) is 5.33. The Bertz CT molecular complexity index is 687. The number of carbonyl (C=O) groups is 2. The van der Waals surface area contributed by atoms with E-state index in [-0.39, 0.29) is 12.5 Å². The number of aliphatic hydroxyl groups excluding tert-OH is 1. The standard InChI is InChI=1S/C17H19NO5S2/c1-2-13(16(21)22)23-12-6-4-11(5-7-12)10-14-15(20)18(8-3-9-19)17(24)25-14/h4-7,10,13,19H,2-3,8-9H2,1H3,(H,21,22)/b14-10-. The van der Waals surface area contributed by atoms with Gasteiger partial charge in [-0.3, -0.25) is 9.69 Å². The van der Waals surface area contributed by atoms with Gasteiger partial charge in [0.15, 0.2) is 6.10 Å². The zero-order valence-corrected chi connectivity index (χ0v) is 15.3. The number of carbonyl (C=O) groups excluding carboxylic acids is 1. The van der Waals surface area contributed by atoms with Gasteiger partial charge in [-0.15, -0.1) is 0 Å². The fraction of sp³-hybridized carbons (Fsp3) is 0.353. The molecule has 0 bridgehead atoms. The van der Waals surface area contributed by atoms with E-state index in [2.05, 4.69) is 0 Å². The van der Waals surface area contributed by atoms with E-state index < -0.39 is 12.1 Å². The molecule has 6 nitrogen and oxygen atoms in total. The normalized spacial score (nSPS) is 17.2. The van der Waals surface area contributed by atoms with Crippen LogP contribution < -0.4 is 4.74 Å². The molecule has 1 amide bonds. The van der Waals surface area contributed by atoms with Gasteiger partial charge in [-0.2, -0.15) is 0 Å². The number of aliphatic hydroxyl groups is 1. The first-order valence-corrected chi connectivity index (χ1v) is 9.04. The van der Waals surface area contributed by atoms with E-state index in [1.807, 2.05) is 0 Å². The predicted octanol–water partition coefficient (Wildman–Crippen LogP) is 2.51. The van der Waals surface area contributed by atoms with Gasteiger partial charge < -0.3 is 14.9 Å². The van der Waals surface area contributed by atoms with Crippen molar-refractivity contribution in [1.29, 1.82) is 0 Å². The van der Waals surface area contributed by atoms with E-state index >= 15 is 0 Å². The SMILES string of the molecule is CCC(Oc1ccc(/C=C2\SC(=S)N(CCCO)C2=O)cc1)C(=O)O. The highest BCUT2D eigenvalue weighted by atomic mass is 32.2. The number of hydrogen-bond acceptors (Lipinski definition) is 6. The summed E-state index contributed by atoms with van der Waals surface area (Å²) < 4.78 is 5.89. The maximum absolute atomic E-state index is 12.3. The van der Waals surface area contributed by atoms with Crippen LogP contribution in [0.1, 0.15) is 25.3 Å². The summed E-state index contributed by atoms with van der Waals surface area (Å²) in [5.74, 6) is -0.708. The summed E-state index contributed by atoms with van der Waals surface area (Å²) in [5.41, 5.74) is 0.790. The van der Waals surface area contributed by atoms with E-state index in [1.165, 1.54) is 16.7 Å². The van der Waals surface area contributed by atoms with Gasteiger partial charge in [-0.05, 0) is 36.6 Å². The Morgan fingerprint density at radius 2 is 2.08 bits per heavy atom. The molecule has 0 saturated carbocycles. The molecule has 0 spiro atoms. The van der Waals surface area contributed by atoms with E-state index in [9.17, 15) is 9.59 Å². The molecule has 0 aliphatic carbocycles. The number of nitrogens with zero attached hydrogens (tertiary/aromatic N) is 1. The maximum atomic E-state index is 12.3. The third-order valence-corrected chi connectivity index (χ3v) is 4.89. The second kappa shape index (κ2) is 8.98. The van der Waals surface area contributed by atoms with Crippen LogP contribution in [0.25, 0.3) is 6.08 Å². The quantitative estimate of drug-likeness (QED) is 0.528. The zero-order chi connectivity index (χ0) is 18.4. The Hall–Kier alpha value is -1.90. The summed E-state index contributed by atoms with van der Waals surface area (Å²) in [6.07, 6.45) is 1.70. The molecule has 134 valence electrons. The molecule has 1 unspecified atom stereocenters. The highest BCUT2D eigenvalue weighted by molar-refractivity contribution is 8.26. The minimum atomic E-state index is -1.00. The maximum Gasteiger partial charge on any atom is 0.344 e. The molecule has 1 heterocycles. The Kier molecular flexibility index (Phi) is 6.98. The molecular formula is C17H19NO5S2. The third-order valence-electron chi connectivity index (χ3n) is 3.52. The van der Waals surface area contributed by atoms with Crippen LogP contribution in [-0.4, -0.2) is 50.6 Å². The Morgan fingerprint density at radius 1 is 1.40 bits per heavy atom. The van der Waals surface area contributed by atoms with Gasteiger partial charge in [-0.1, -0.05) is 43.0 Å². The lowest BCUT2D eigenvalue weighted by Gasteiger charge is -2.13. The van der Waals surface area contributed by atoms with E-state index in [0.29, 0.717) is 34.4 Å². The van der Waals surface area contributed by atoms with Crippen LogP contribution in [-0.2, 0) is 9.59 Å². The number of benzene rings is 1. The van der Waals surface area contributed by atoms with Crippen molar-refractivity contribution in [2.24, 2.45) is 0 Å². The number of thioether (sulfide) groups is 1. The highest BCUT2D eigenvalue weighted by Crippen LogP contribution is 2.32. The van der Waals surface area contributed by atoms with Crippen molar-refractivity contribution >= 4 is 46.3 Å². The predicted molar refractivity (Wildman–Crippen MR) is 100 cm³/mol. The van der Waals surface area contributed by atoms with Crippen LogP contribution in [0.5, 0.6) is 5.75 Å². The Morgan fingerprint density at radius 3 is 2.64 bits per heavy atom. The van der Waals surface area contributed by atoms with Crippen molar-refractivity contribution in [2.75, 3.05) is 13.2 Å². The summed E-state index contributed by atoms with van der Waals surface area (Å²) in [5, 5.41) is 17.9. The van der Waals surface area contributed by atoms with Crippen LogP contribution in [0, 0.1) is 0 Å². The molecule has 1 aliphatic heterocycles. The summed E-state index contributed by atoms with van der Waals surface area (Å²) >= 11 is 6.43. The van der Waals surface area contributed by atoms with E-state index in [0.717, 1.165) is 5.56 Å². The first kappa shape index (κ1) is 19.4. The molecule has 0 radical (unpaired) electrons. The lowest BCUT2D eigenvalue weighted by atomic mass is 10.2. The third kappa shape index (κ3) is 5.04. The zero-order valence-electron chi connectivity index (χ0n) is 13.7. The fourth-order valence-electron chi connectivity index (χ4n) is 2.19. The van der Waals surface area contributed by atoms with Crippen LogP contribution in [0.2, 0.25) is 0 Å². The number of hydrogen-bond donors (Lipinski definition) is 2. The number of carboxylic acid groups (broad SMARTS) is 1. The summed E-state index contributed by atoms with van der Waals surface area (Å²) in [4.78, 5) is 25.3. The molecule has 1 aromatic rings. The molecule has 2 rings (SSSR count). The topological polar surface area (TPSA) is 87.1 Å². The number of aliphatic carboxylic acids is 1. The summed E-state index contributed by atoms with van der Waals surface area (Å²) in [6, 6.07) is 6.85. The molecule has 2 N–H and O–H groups in total. The molecule has 1 fully saturated rings. The highest BCUT2D eigenvalue weighted by Gasteiger charge is 2.31. The van der Waals surface area contributed by atoms with Gasteiger partial charge >= 0.3 is 5.97 Å². The first-order valence-electron chi connectivity index (χ1n) is 7.82. The average Bonchev–Trinajstić information content (AvgIpc) is 2.85. The molecule has 25 heavy (non-hydrogen) atoms. The number of thiocarbonyl (C=S) groups is 1. The molecule has 1 aliphatic rings. The molecule has 8 heteroatoms. The van der Waals surface area contributed by atoms with E-state index in [1.54, 1.807) is 37.3 Å². The molecular weight excluding hydrogens is 362 g/mol. The first-order chi connectivity index (χ1) is 12.0. The van der Waals surface area contributed by atoms with Crippen LogP contribution >= 0.6 is 24.0 Å². The van der Waals surface area contributed by atoms with Crippen molar-refractivity contribution in [2.45, 2.75) is 25.9 Å². The van der Waals surface area contributed by atoms with Crippen molar-refractivity contribution in [3.63, 3.8) is 0 Å². The van der Waals surface area contributed by atoms with Crippen molar-refractivity contribution in [3.8, 4) is 5.75 Å². The van der Waals surface area contributed by atoms with Gasteiger partial charge in [0.05, 0.1) is 4.91 Å². The van der Waals surface area contributed by atoms with Gasteiger partial charge in [0, 0.05) is 13.2 Å². The second-order valence-corrected chi connectivity index (χ2v) is 7.01. The number of rotatable bonds is 8. The number of carboxylic acids is 1. The van der Waals surface area contributed by atoms with Gasteiger partial charge in [0.2, 0.25) is 0 Å². The van der Waals surface area contributed by atoms with Crippen LogP contribution in [0.15, 0.2) is 29.2 Å². The van der Waals surface area contributed by atoms with Crippen LogP contribution in [0.3, 0.4) is 0 Å². The fourth-order valence-corrected chi connectivity index (χ4v) is 3.50. The van der Waals surface area contributed by atoms with Crippen molar-refractivity contribution < 1.29 is 24.5 Å². The Balaban J connectivity index is 2.07. The van der Waals surface area contributed by atoms with E-state index in [4.69, 9.17) is 27.2 Å². The average molecular weight is 381 g/mol. The monoisotopic (exact) mass is 381 g/mol. The molecule has 1 atom stereocenters. The Labute approximate surface area is 155 Å². The lowest BCUT2D eigenvalue weighted by molar-refractivity contribution is -0.145. The summed E-state index contributed by atoms with van der Waals surface area (Å²) in [7, 11) is 0. The number of ether oxygens (including phenoxy) is 1.